The molecule has 1 aliphatic rings. The lowest BCUT2D eigenvalue weighted by Crippen LogP contribution is -2.16. The second-order valence-corrected chi connectivity index (χ2v) is 6.19. The smallest absolute Gasteiger partial charge is 0.208 e. The summed E-state index contributed by atoms with van der Waals surface area (Å²) in [5, 5.41) is 7.57. The minimum absolute atomic E-state index is 0.152. The predicted octanol–water partition coefficient (Wildman–Crippen LogP) is 3.18. The Morgan fingerprint density at radius 2 is 2.10 bits per heavy atom. The first kappa shape index (κ1) is 14.0. The Kier molecular flexibility index (Phi) is 3.63. The lowest BCUT2D eigenvalue weighted by Gasteiger charge is -2.16. The van der Waals surface area contributed by atoms with Crippen molar-refractivity contribution in [2.24, 2.45) is 4.99 Å². The van der Waals surface area contributed by atoms with Crippen LogP contribution in [-0.2, 0) is 0 Å². The molecule has 5 nitrogen and oxygen atoms in total. The number of Topliss-reactive ketones (excluding diaryl/α,β-unsaturated/α-hetero) is 1. The van der Waals surface area contributed by atoms with E-state index in [0.29, 0.717) is 17.3 Å². The molecule has 1 aromatic carbocycles. The van der Waals surface area contributed by atoms with Gasteiger partial charge in [-0.15, -0.1) is 5.10 Å². The molecule has 0 fully saturated rings. The van der Waals surface area contributed by atoms with Crippen LogP contribution in [0.3, 0.4) is 0 Å². The molecule has 1 aliphatic heterocycles. The van der Waals surface area contributed by atoms with Crippen LogP contribution in [0.1, 0.15) is 33.7 Å². The van der Waals surface area contributed by atoms with Gasteiger partial charge in [-0.05, 0) is 38.0 Å². The Hall–Kier alpha value is -1.95. The Labute approximate surface area is 127 Å². The van der Waals surface area contributed by atoms with Crippen LogP contribution in [0, 0.1) is 20.8 Å². The monoisotopic (exact) mass is 300 g/mol. The molecule has 6 heteroatoms. The van der Waals surface area contributed by atoms with Gasteiger partial charge in [-0.3, -0.25) is 14.9 Å². The molecule has 0 atom stereocenters. The Morgan fingerprint density at radius 3 is 2.81 bits per heavy atom. The normalized spacial score (nSPS) is 14.0. The van der Waals surface area contributed by atoms with E-state index in [1.807, 2.05) is 32.9 Å². The molecule has 0 bridgehead atoms. The van der Waals surface area contributed by atoms with Gasteiger partial charge < -0.3 is 0 Å². The number of hydrogen-bond donors (Lipinski definition) is 1. The van der Waals surface area contributed by atoms with E-state index < -0.39 is 0 Å². The molecule has 21 heavy (non-hydrogen) atoms. The molecular formula is C15H16N4OS. The zero-order valence-electron chi connectivity index (χ0n) is 12.2. The number of H-pyrrole nitrogens is 1. The second-order valence-electron chi connectivity index (χ2n) is 5.25. The van der Waals surface area contributed by atoms with Crippen LogP contribution in [0.5, 0.6) is 0 Å². The molecule has 0 radical (unpaired) electrons. The number of nitrogens with zero attached hydrogens (tertiary/aromatic N) is 3. The lowest BCUT2D eigenvalue weighted by molar-refractivity contribution is 0.0999. The van der Waals surface area contributed by atoms with Crippen LogP contribution in [0.2, 0.25) is 0 Å². The molecule has 2 heterocycles. The van der Waals surface area contributed by atoms with Crippen molar-refractivity contribution in [2.45, 2.75) is 32.3 Å². The molecule has 1 aromatic heterocycles. The average Bonchev–Trinajstić information content (AvgIpc) is 2.81. The summed E-state index contributed by atoms with van der Waals surface area (Å²) in [6.45, 7) is 5.85. The topological polar surface area (TPSA) is 71.0 Å². The zero-order valence-corrected chi connectivity index (χ0v) is 13.0. The Balaban J connectivity index is 1.84. The van der Waals surface area contributed by atoms with Crippen LogP contribution >= 0.6 is 11.8 Å². The van der Waals surface area contributed by atoms with E-state index in [1.165, 1.54) is 11.8 Å². The zero-order chi connectivity index (χ0) is 15.0. The number of nitrogens with one attached hydrogen (secondary N) is 1. The third-order valence-electron chi connectivity index (χ3n) is 3.33. The van der Waals surface area contributed by atoms with Crippen LogP contribution in [0.15, 0.2) is 22.3 Å². The molecule has 3 rings (SSSR count). The number of aromatic nitrogens is 3. The summed E-state index contributed by atoms with van der Waals surface area (Å²) in [5.41, 5.74) is 4.58. The van der Waals surface area contributed by atoms with E-state index in [4.69, 9.17) is 0 Å². The lowest BCUT2D eigenvalue weighted by atomic mass is 9.94. The summed E-state index contributed by atoms with van der Waals surface area (Å²) in [7, 11) is 0. The summed E-state index contributed by atoms with van der Waals surface area (Å²) >= 11 is 1.50. The van der Waals surface area contributed by atoms with Crippen molar-refractivity contribution in [3.8, 4) is 0 Å². The number of benzene rings is 1. The minimum Gasteiger partial charge on any atom is -0.294 e. The van der Waals surface area contributed by atoms with Gasteiger partial charge in [-0.1, -0.05) is 17.8 Å². The third-order valence-corrected chi connectivity index (χ3v) is 4.24. The number of aryl methyl sites for hydroxylation is 3. The number of aliphatic imine (C=N–C) groups is 1. The molecule has 2 aromatic rings. The number of thioether (sulfide) groups is 1. The van der Waals surface area contributed by atoms with Gasteiger partial charge in [0.1, 0.15) is 5.82 Å². The van der Waals surface area contributed by atoms with Crippen molar-refractivity contribution >= 4 is 28.9 Å². The Morgan fingerprint density at radius 1 is 1.29 bits per heavy atom. The average molecular weight is 300 g/mol. The number of aromatic amines is 1. The summed E-state index contributed by atoms with van der Waals surface area (Å²) < 4.78 is 0. The van der Waals surface area contributed by atoms with Crippen LogP contribution in [0.25, 0.3) is 0 Å². The van der Waals surface area contributed by atoms with Gasteiger partial charge in [-0.25, -0.2) is 4.98 Å². The van der Waals surface area contributed by atoms with E-state index in [2.05, 4.69) is 20.2 Å². The summed E-state index contributed by atoms with van der Waals surface area (Å²) in [6, 6.07) is 4.00. The highest BCUT2D eigenvalue weighted by Gasteiger charge is 2.22. The van der Waals surface area contributed by atoms with Gasteiger partial charge >= 0.3 is 0 Å². The van der Waals surface area contributed by atoms with Gasteiger partial charge in [0, 0.05) is 17.0 Å². The quantitative estimate of drug-likeness (QED) is 0.884. The maximum atomic E-state index is 12.3. The number of rotatable bonds is 3. The fourth-order valence-corrected chi connectivity index (χ4v) is 3.27. The maximum absolute atomic E-state index is 12.3. The van der Waals surface area contributed by atoms with E-state index in [-0.39, 0.29) is 5.78 Å². The SMILES string of the molecule is Cc1cc(C)c2c(c1)N=C(CSc1n[nH]c(C)n1)CC2=O. The molecule has 0 aliphatic carbocycles. The van der Waals surface area contributed by atoms with Crippen molar-refractivity contribution in [2.75, 3.05) is 5.75 Å². The first-order valence-corrected chi connectivity index (χ1v) is 7.74. The van der Waals surface area contributed by atoms with E-state index >= 15 is 0 Å². The van der Waals surface area contributed by atoms with E-state index in [0.717, 1.165) is 33.9 Å². The molecule has 108 valence electrons. The predicted molar refractivity (Wildman–Crippen MR) is 83.8 cm³/mol. The van der Waals surface area contributed by atoms with Gasteiger partial charge in [0.2, 0.25) is 5.16 Å². The maximum Gasteiger partial charge on any atom is 0.208 e. The Bertz CT molecular complexity index is 748. The number of hydrogen-bond acceptors (Lipinski definition) is 5. The molecule has 0 saturated heterocycles. The first-order chi connectivity index (χ1) is 10.0. The van der Waals surface area contributed by atoms with Gasteiger partial charge in [0.05, 0.1) is 12.1 Å². The fraction of sp³-hybridized carbons (Fsp3) is 0.333. The highest BCUT2D eigenvalue weighted by atomic mass is 32.2. The summed E-state index contributed by atoms with van der Waals surface area (Å²) in [4.78, 5) is 21.2. The number of carbonyl (C=O) groups is 1. The first-order valence-electron chi connectivity index (χ1n) is 6.75. The molecule has 0 unspecified atom stereocenters. The van der Waals surface area contributed by atoms with Crippen LogP contribution in [0.4, 0.5) is 5.69 Å². The molecule has 1 N–H and O–H groups in total. The van der Waals surface area contributed by atoms with Gasteiger partial charge in [0.25, 0.3) is 0 Å². The number of ketones is 1. The van der Waals surface area contributed by atoms with Crippen molar-refractivity contribution in [3.63, 3.8) is 0 Å². The largest absolute Gasteiger partial charge is 0.294 e. The minimum atomic E-state index is 0.152. The molecule has 0 amide bonds. The van der Waals surface area contributed by atoms with Crippen molar-refractivity contribution < 1.29 is 4.79 Å². The molecule has 0 saturated carbocycles. The standard InChI is InChI=1S/C15H16N4OS/c1-8-4-9(2)14-12(5-8)17-11(6-13(14)20)7-21-15-16-10(3)18-19-15/h4-5H,6-7H2,1-3H3,(H,16,18,19). The van der Waals surface area contributed by atoms with Crippen LogP contribution in [-0.4, -0.2) is 32.4 Å². The van der Waals surface area contributed by atoms with E-state index in [9.17, 15) is 4.79 Å². The second kappa shape index (κ2) is 5.44. The van der Waals surface area contributed by atoms with Crippen molar-refractivity contribution in [1.82, 2.24) is 15.2 Å². The number of carbonyl (C=O) groups excluding carboxylic acids is 1. The van der Waals surface area contributed by atoms with Crippen molar-refractivity contribution in [3.05, 3.63) is 34.6 Å². The highest BCUT2D eigenvalue weighted by molar-refractivity contribution is 7.99. The van der Waals surface area contributed by atoms with Crippen molar-refractivity contribution in [1.29, 1.82) is 0 Å². The van der Waals surface area contributed by atoms with Gasteiger partial charge in [0.15, 0.2) is 5.78 Å². The summed E-state index contributed by atoms with van der Waals surface area (Å²) in [5.74, 6) is 1.57. The summed E-state index contributed by atoms with van der Waals surface area (Å²) in [6.07, 6.45) is 0.382. The fourth-order valence-electron chi connectivity index (χ4n) is 2.50. The molecule has 0 spiro atoms. The van der Waals surface area contributed by atoms with E-state index in [1.54, 1.807) is 0 Å². The van der Waals surface area contributed by atoms with Crippen LogP contribution < -0.4 is 0 Å². The third kappa shape index (κ3) is 2.90. The molecular weight excluding hydrogens is 284 g/mol. The number of fused-ring (bicyclic) bond motifs is 1. The van der Waals surface area contributed by atoms with Gasteiger partial charge in [-0.2, -0.15) is 0 Å². The highest BCUT2D eigenvalue weighted by Crippen LogP contribution is 2.31.